The van der Waals surface area contributed by atoms with Gasteiger partial charge in [0.2, 0.25) is 5.88 Å². The molecule has 0 aliphatic heterocycles. The SMILES string of the molecule is Cc1ccnc(OCc2ccc(CC(Cl)=NO)cc2)c1. The lowest BCUT2D eigenvalue weighted by atomic mass is 10.1. The van der Waals surface area contributed by atoms with E-state index in [0.29, 0.717) is 18.9 Å². The Morgan fingerprint density at radius 2 is 1.95 bits per heavy atom. The van der Waals surface area contributed by atoms with Crippen LogP contribution in [0.1, 0.15) is 16.7 Å². The Morgan fingerprint density at radius 1 is 1.25 bits per heavy atom. The largest absolute Gasteiger partial charge is 0.473 e. The lowest BCUT2D eigenvalue weighted by Gasteiger charge is -2.06. The molecule has 0 saturated carbocycles. The van der Waals surface area contributed by atoms with E-state index in [1.54, 1.807) is 6.20 Å². The highest BCUT2D eigenvalue weighted by Crippen LogP contribution is 2.12. The first-order chi connectivity index (χ1) is 9.67. The molecule has 0 aliphatic carbocycles. The van der Waals surface area contributed by atoms with Crippen molar-refractivity contribution in [2.75, 3.05) is 0 Å². The van der Waals surface area contributed by atoms with Gasteiger partial charge in [0.15, 0.2) is 0 Å². The summed E-state index contributed by atoms with van der Waals surface area (Å²) in [6.07, 6.45) is 2.14. The minimum Gasteiger partial charge on any atom is -0.473 e. The number of rotatable bonds is 5. The van der Waals surface area contributed by atoms with E-state index in [1.807, 2.05) is 43.3 Å². The van der Waals surface area contributed by atoms with Gasteiger partial charge in [0.25, 0.3) is 0 Å². The van der Waals surface area contributed by atoms with Crippen LogP contribution in [0, 0.1) is 6.92 Å². The Hall–Kier alpha value is -2.07. The van der Waals surface area contributed by atoms with Gasteiger partial charge in [-0.1, -0.05) is 41.0 Å². The number of oxime groups is 1. The van der Waals surface area contributed by atoms with Gasteiger partial charge in [-0.2, -0.15) is 0 Å². The van der Waals surface area contributed by atoms with Crippen molar-refractivity contribution >= 4 is 16.8 Å². The average Bonchev–Trinajstić information content (AvgIpc) is 2.46. The molecule has 4 nitrogen and oxygen atoms in total. The van der Waals surface area contributed by atoms with Crippen LogP contribution >= 0.6 is 11.6 Å². The summed E-state index contributed by atoms with van der Waals surface area (Å²) in [5, 5.41) is 11.6. The first-order valence-corrected chi connectivity index (χ1v) is 6.55. The highest BCUT2D eigenvalue weighted by Gasteiger charge is 2.01. The fraction of sp³-hybridized carbons (Fsp3) is 0.200. The summed E-state index contributed by atoms with van der Waals surface area (Å²) >= 11 is 5.66. The van der Waals surface area contributed by atoms with Crippen LogP contribution in [0.5, 0.6) is 5.88 Å². The summed E-state index contributed by atoms with van der Waals surface area (Å²) in [4.78, 5) is 4.14. The Labute approximate surface area is 122 Å². The van der Waals surface area contributed by atoms with Crippen molar-refractivity contribution in [1.29, 1.82) is 0 Å². The molecule has 0 fully saturated rings. The van der Waals surface area contributed by atoms with Gasteiger partial charge in [0, 0.05) is 18.7 Å². The molecule has 5 heteroatoms. The predicted molar refractivity (Wildman–Crippen MR) is 78.5 cm³/mol. The zero-order valence-electron chi connectivity index (χ0n) is 11.1. The number of ether oxygens (including phenoxy) is 1. The van der Waals surface area contributed by atoms with Gasteiger partial charge in [-0.15, -0.1) is 0 Å². The van der Waals surface area contributed by atoms with E-state index in [4.69, 9.17) is 21.5 Å². The second-order valence-corrected chi connectivity index (χ2v) is 4.87. The molecule has 0 amide bonds. The third-order valence-electron chi connectivity index (χ3n) is 2.76. The molecule has 0 bridgehead atoms. The zero-order valence-corrected chi connectivity index (χ0v) is 11.8. The van der Waals surface area contributed by atoms with Crippen LogP contribution in [0.15, 0.2) is 47.8 Å². The van der Waals surface area contributed by atoms with Gasteiger partial charge < -0.3 is 9.94 Å². The van der Waals surface area contributed by atoms with E-state index < -0.39 is 0 Å². The predicted octanol–water partition coefficient (Wildman–Crippen LogP) is 3.54. The first kappa shape index (κ1) is 14.3. The maximum Gasteiger partial charge on any atom is 0.213 e. The van der Waals surface area contributed by atoms with Crippen LogP contribution in [0.4, 0.5) is 0 Å². The minimum atomic E-state index is 0.165. The number of benzene rings is 1. The summed E-state index contributed by atoms with van der Waals surface area (Å²) in [5.41, 5.74) is 3.13. The number of halogens is 1. The highest BCUT2D eigenvalue weighted by molar-refractivity contribution is 6.65. The second kappa shape index (κ2) is 6.91. The van der Waals surface area contributed by atoms with E-state index in [2.05, 4.69) is 10.1 Å². The molecule has 1 aromatic heterocycles. The fourth-order valence-corrected chi connectivity index (χ4v) is 1.86. The maximum atomic E-state index is 8.51. The quantitative estimate of drug-likeness (QED) is 0.520. The highest BCUT2D eigenvalue weighted by atomic mass is 35.5. The number of pyridine rings is 1. The molecule has 0 saturated heterocycles. The Bertz CT molecular complexity index is 597. The third kappa shape index (κ3) is 4.24. The van der Waals surface area contributed by atoms with Crippen LogP contribution < -0.4 is 4.74 Å². The molecule has 1 aromatic carbocycles. The molecule has 104 valence electrons. The lowest BCUT2D eigenvalue weighted by Crippen LogP contribution is -1.99. The van der Waals surface area contributed by atoms with Gasteiger partial charge in [0.1, 0.15) is 11.8 Å². The minimum absolute atomic E-state index is 0.165. The van der Waals surface area contributed by atoms with E-state index in [-0.39, 0.29) is 5.17 Å². The summed E-state index contributed by atoms with van der Waals surface area (Å²) in [6.45, 7) is 2.45. The Morgan fingerprint density at radius 3 is 2.60 bits per heavy atom. The van der Waals surface area contributed by atoms with Crippen molar-refractivity contribution in [2.45, 2.75) is 20.0 Å². The molecule has 0 spiro atoms. The van der Waals surface area contributed by atoms with Gasteiger partial charge in [-0.05, 0) is 29.7 Å². The molecular formula is C15H15ClN2O2. The summed E-state index contributed by atoms with van der Waals surface area (Å²) in [5.74, 6) is 0.615. The molecule has 2 rings (SSSR count). The Kier molecular flexibility index (Phi) is 4.96. The van der Waals surface area contributed by atoms with Gasteiger partial charge in [-0.3, -0.25) is 0 Å². The van der Waals surface area contributed by atoms with E-state index >= 15 is 0 Å². The third-order valence-corrected chi connectivity index (χ3v) is 2.97. The molecule has 0 atom stereocenters. The van der Waals surface area contributed by atoms with Crippen LogP contribution in [0.25, 0.3) is 0 Å². The van der Waals surface area contributed by atoms with Gasteiger partial charge in [-0.25, -0.2) is 4.98 Å². The Balaban J connectivity index is 1.94. The van der Waals surface area contributed by atoms with E-state index in [1.165, 1.54) is 0 Å². The van der Waals surface area contributed by atoms with Crippen molar-refractivity contribution in [3.05, 3.63) is 59.3 Å². The molecule has 0 aliphatic rings. The number of hydrogen-bond donors (Lipinski definition) is 1. The van der Waals surface area contributed by atoms with Crippen molar-refractivity contribution in [2.24, 2.45) is 5.16 Å². The van der Waals surface area contributed by atoms with Crippen LogP contribution in [0.2, 0.25) is 0 Å². The normalized spacial score (nSPS) is 11.4. The van der Waals surface area contributed by atoms with Crippen LogP contribution in [0.3, 0.4) is 0 Å². The number of aryl methyl sites for hydroxylation is 1. The zero-order chi connectivity index (χ0) is 14.4. The molecule has 1 N–H and O–H groups in total. The topological polar surface area (TPSA) is 54.7 Å². The maximum absolute atomic E-state index is 8.51. The second-order valence-electron chi connectivity index (χ2n) is 4.43. The summed E-state index contributed by atoms with van der Waals surface area (Å²) in [7, 11) is 0. The fourth-order valence-electron chi connectivity index (χ4n) is 1.70. The van der Waals surface area contributed by atoms with Crippen molar-refractivity contribution in [3.8, 4) is 5.88 Å². The van der Waals surface area contributed by atoms with E-state index in [9.17, 15) is 0 Å². The summed E-state index contributed by atoms with van der Waals surface area (Å²) < 4.78 is 5.61. The van der Waals surface area contributed by atoms with Gasteiger partial charge in [0.05, 0.1) is 0 Å². The molecule has 0 unspecified atom stereocenters. The van der Waals surface area contributed by atoms with Crippen LogP contribution in [-0.2, 0) is 13.0 Å². The molecule has 0 radical (unpaired) electrons. The smallest absolute Gasteiger partial charge is 0.213 e. The number of hydrogen-bond acceptors (Lipinski definition) is 4. The number of aromatic nitrogens is 1. The molecular weight excluding hydrogens is 276 g/mol. The standard InChI is InChI=1S/C15H15ClN2O2/c1-11-6-7-17-15(8-11)20-10-13-4-2-12(3-5-13)9-14(16)18-19/h2-8,19H,9-10H2,1H3. The molecule has 2 aromatic rings. The number of nitrogens with zero attached hydrogens (tertiary/aromatic N) is 2. The van der Waals surface area contributed by atoms with Crippen molar-refractivity contribution in [1.82, 2.24) is 4.98 Å². The average molecular weight is 291 g/mol. The van der Waals surface area contributed by atoms with Crippen molar-refractivity contribution in [3.63, 3.8) is 0 Å². The monoisotopic (exact) mass is 290 g/mol. The van der Waals surface area contributed by atoms with Gasteiger partial charge >= 0.3 is 0 Å². The van der Waals surface area contributed by atoms with Crippen LogP contribution in [-0.4, -0.2) is 15.4 Å². The van der Waals surface area contributed by atoms with E-state index in [0.717, 1.165) is 16.7 Å². The molecule has 1 heterocycles. The van der Waals surface area contributed by atoms with Crippen molar-refractivity contribution < 1.29 is 9.94 Å². The summed E-state index contributed by atoms with van der Waals surface area (Å²) in [6, 6.07) is 11.6. The first-order valence-electron chi connectivity index (χ1n) is 6.17. The molecule has 20 heavy (non-hydrogen) atoms. The lowest BCUT2D eigenvalue weighted by molar-refractivity contribution is 0.293.